The number of rotatable bonds is 8. The minimum absolute atomic E-state index is 0.0596. The number of ether oxygens (including phenoxy) is 1. The molecule has 1 fully saturated rings. The Hall–Kier alpha value is -2.86. The number of nitrogens with zero attached hydrogens (tertiary/aromatic N) is 2. The summed E-state index contributed by atoms with van der Waals surface area (Å²) in [4.78, 5) is 20.5. The Morgan fingerprint density at radius 2 is 1.75 bits per heavy atom. The molecule has 0 atom stereocenters. The van der Waals surface area contributed by atoms with Gasteiger partial charge >= 0.3 is 19.3 Å². The van der Waals surface area contributed by atoms with Gasteiger partial charge in [-0.1, -0.05) is 19.9 Å². The van der Waals surface area contributed by atoms with E-state index in [1.807, 2.05) is 41.5 Å². The molecule has 0 unspecified atom stereocenters. The van der Waals surface area contributed by atoms with Crippen molar-refractivity contribution < 1.29 is 32.0 Å². The molecule has 0 spiro atoms. The Morgan fingerprint density at radius 1 is 1.14 bits per heavy atom. The van der Waals surface area contributed by atoms with Gasteiger partial charge in [0, 0.05) is 17.9 Å². The zero-order chi connectivity index (χ0) is 26.9. The van der Waals surface area contributed by atoms with Crippen molar-refractivity contribution in [1.29, 1.82) is 0 Å². The molecule has 0 radical (unpaired) electrons. The molecule has 1 aliphatic rings. The van der Waals surface area contributed by atoms with Crippen molar-refractivity contribution in [3.8, 4) is 0 Å². The van der Waals surface area contributed by atoms with Gasteiger partial charge in [0.2, 0.25) is 5.95 Å². The highest BCUT2D eigenvalue weighted by Gasteiger charge is 2.52. The van der Waals surface area contributed by atoms with E-state index in [1.165, 1.54) is 13.2 Å². The maximum Gasteiger partial charge on any atom is 0.495 e. The summed E-state index contributed by atoms with van der Waals surface area (Å²) in [5, 5.41) is 5.74. The van der Waals surface area contributed by atoms with Crippen LogP contribution in [0.5, 0.6) is 0 Å². The molecule has 8 nitrogen and oxygen atoms in total. The number of esters is 1. The molecular weight excluding hydrogens is 476 g/mol. The van der Waals surface area contributed by atoms with Crippen molar-refractivity contribution in [3.63, 3.8) is 0 Å². The number of anilines is 3. The number of aromatic nitrogens is 2. The molecule has 1 aliphatic heterocycles. The van der Waals surface area contributed by atoms with Crippen LogP contribution in [-0.4, -0.2) is 47.4 Å². The second kappa shape index (κ2) is 10.3. The number of nitrogens with one attached hydrogen (secondary N) is 2. The number of hydrogen-bond acceptors (Lipinski definition) is 8. The summed E-state index contributed by atoms with van der Waals surface area (Å²) < 4.78 is 57.7. The predicted molar refractivity (Wildman–Crippen MR) is 132 cm³/mol. The molecule has 3 rings (SSSR count). The number of carbonyl (C=O) groups is 1. The second-order valence-corrected chi connectivity index (χ2v) is 9.62. The van der Waals surface area contributed by atoms with Crippen LogP contribution < -0.4 is 16.1 Å². The number of alkyl halides is 3. The summed E-state index contributed by atoms with van der Waals surface area (Å²) >= 11 is 0. The zero-order valence-corrected chi connectivity index (χ0v) is 21.5. The van der Waals surface area contributed by atoms with Crippen LogP contribution in [0.4, 0.5) is 30.6 Å². The maximum atomic E-state index is 13.5. The molecule has 1 aromatic heterocycles. The van der Waals surface area contributed by atoms with Crippen LogP contribution in [0.15, 0.2) is 24.4 Å². The Kier molecular flexibility index (Phi) is 7.90. The highest BCUT2D eigenvalue weighted by Crippen LogP contribution is 2.37. The predicted octanol–water partition coefficient (Wildman–Crippen LogP) is 4.93. The van der Waals surface area contributed by atoms with E-state index in [4.69, 9.17) is 14.0 Å². The first-order chi connectivity index (χ1) is 16.7. The van der Waals surface area contributed by atoms with Gasteiger partial charge in [0.1, 0.15) is 11.4 Å². The number of carbonyl (C=O) groups excluding carboxylic acids is 1. The molecular formula is C24H32BF3N4O4. The Morgan fingerprint density at radius 3 is 2.28 bits per heavy atom. The van der Waals surface area contributed by atoms with E-state index in [-0.39, 0.29) is 23.4 Å². The Bertz CT molecular complexity index is 1090. The highest BCUT2D eigenvalue weighted by atomic mass is 19.4. The normalized spacial score (nSPS) is 16.8. The van der Waals surface area contributed by atoms with Crippen LogP contribution in [0.2, 0.25) is 0 Å². The van der Waals surface area contributed by atoms with Crippen molar-refractivity contribution in [2.24, 2.45) is 0 Å². The average molecular weight is 508 g/mol. The van der Waals surface area contributed by atoms with Gasteiger partial charge in [-0.2, -0.15) is 18.2 Å². The second-order valence-electron chi connectivity index (χ2n) is 9.62. The van der Waals surface area contributed by atoms with E-state index >= 15 is 0 Å². The van der Waals surface area contributed by atoms with E-state index < -0.39 is 36.0 Å². The number of hydrogen-bond donors (Lipinski definition) is 2. The lowest BCUT2D eigenvalue weighted by atomic mass is 9.75. The third kappa shape index (κ3) is 5.75. The van der Waals surface area contributed by atoms with Gasteiger partial charge in [-0.05, 0) is 58.1 Å². The number of halogens is 3. The highest BCUT2D eigenvalue weighted by molar-refractivity contribution is 6.63. The first-order valence-corrected chi connectivity index (χ1v) is 11.8. The van der Waals surface area contributed by atoms with Gasteiger partial charge in [-0.3, -0.25) is 0 Å². The van der Waals surface area contributed by atoms with Crippen LogP contribution in [0.25, 0.3) is 0 Å². The number of benzene rings is 1. The molecule has 2 heterocycles. The van der Waals surface area contributed by atoms with Crippen LogP contribution in [0.1, 0.15) is 70.3 Å². The van der Waals surface area contributed by atoms with Gasteiger partial charge < -0.3 is 24.7 Å². The van der Waals surface area contributed by atoms with Crippen molar-refractivity contribution in [3.05, 3.63) is 35.5 Å². The lowest BCUT2D eigenvalue weighted by Crippen LogP contribution is -2.41. The van der Waals surface area contributed by atoms with E-state index in [2.05, 4.69) is 20.6 Å². The minimum Gasteiger partial charge on any atom is -0.465 e. The molecule has 0 saturated carbocycles. The van der Waals surface area contributed by atoms with Crippen LogP contribution >= 0.6 is 0 Å². The van der Waals surface area contributed by atoms with Gasteiger partial charge in [0.05, 0.1) is 23.9 Å². The quantitative estimate of drug-likeness (QED) is 0.383. The van der Waals surface area contributed by atoms with E-state index in [1.54, 1.807) is 12.1 Å². The first-order valence-electron chi connectivity index (χ1n) is 11.8. The van der Waals surface area contributed by atoms with Gasteiger partial charge in [-0.15, -0.1) is 0 Å². The third-order valence-electron chi connectivity index (χ3n) is 6.64. The van der Waals surface area contributed by atoms with Gasteiger partial charge in [0.15, 0.2) is 0 Å². The van der Waals surface area contributed by atoms with E-state index in [9.17, 15) is 18.0 Å². The fraction of sp³-hybridized carbons (Fsp3) is 0.542. The average Bonchev–Trinajstić information content (AvgIpc) is 3.02. The third-order valence-corrected chi connectivity index (χ3v) is 6.64. The summed E-state index contributed by atoms with van der Waals surface area (Å²) in [7, 11) is 0.446. The molecule has 2 N–H and O–H groups in total. The Labute approximate surface area is 209 Å². The molecule has 0 bridgehead atoms. The van der Waals surface area contributed by atoms with Gasteiger partial charge in [0.25, 0.3) is 0 Å². The van der Waals surface area contributed by atoms with E-state index in [0.717, 1.165) is 6.20 Å². The minimum atomic E-state index is -4.62. The molecule has 196 valence electrons. The molecule has 0 amide bonds. The number of methoxy groups -OCH3 is 1. The van der Waals surface area contributed by atoms with Crippen LogP contribution in [-0.2, 0) is 20.2 Å². The fourth-order valence-electron chi connectivity index (χ4n) is 3.67. The van der Waals surface area contributed by atoms with Crippen molar-refractivity contribution in [2.45, 2.75) is 77.8 Å². The van der Waals surface area contributed by atoms with E-state index in [0.29, 0.717) is 24.0 Å². The summed E-state index contributed by atoms with van der Waals surface area (Å²) in [6, 6.07) is 4.60. The molecule has 36 heavy (non-hydrogen) atoms. The summed E-state index contributed by atoms with van der Waals surface area (Å²) in [5.41, 5.74) is -1.16. The first kappa shape index (κ1) is 27.7. The van der Waals surface area contributed by atoms with Crippen LogP contribution in [0.3, 0.4) is 0 Å². The lowest BCUT2D eigenvalue weighted by Gasteiger charge is -2.32. The van der Waals surface area contributed by atoms with Crippen molar-refractivity contribution >= 4 is 36.0 Å². The lowest BCUT2D eigenvalue weighted by molar-refractivity contribution is -0.137. The summed E-state index contributed by atoms with van der Waals surface area (Å²) in [5.74, 6) is -0.987. The summed E-state index contributed by atoms with van der Waals surface area (Å²) in [6.45, 7) is 11.4. The summed E-state index contributed by atoms with van der Waals surface area (Å²) in [6.07, 6.45) is -2.62. The largest absolute Gasteiger partial charge is 0.495 e. The topological polar surface area (TPSA) is 94.6 Å². The molecule has 0 aliphatic carbocycles. The monoisotopic (exact) mass is 508 g/mol. The standard InChI is InChI=1S/C24H32BF3N4O4/c1-8-14(9-2)30-19-17(24(26,27)28)13-29-21(32-19)31-15-10-11-18(16(12-15)20(33)34-7)25-35-22(3,4)23(5,6)36-25/h10-14H,8-9H2,1-7H3,(H2,29,30,31,32). The SMILES string of the molecule is CCC(CC)Nc1nc(Nc2ccc(B3OC(C)(C)C(C)(C)O3)c(C(=O)OC)c2)ncc1C(F)(F)F. The zero-order valence-electron chi connectivity index (χ0n) is 21.5. The molecule has 12 heteroatoms. The maximum absolute atomic E-state index is 13.5. The van der Waals surface area contributed by atoms with Gasteiger partial charge in [-0.25, -0.2) is 9.78 Å². The molecule has 1 aromatic carbocycles. The Balaban J connectivity index is 1.96. The smallest absolute Gasteiger partial charge is 0.465 e. The fourth-order valence-corrected chi connectivity index (χ4v) is 3.67. The molecule has 1 saturated heterocycles. The van der Waals surface area contributed by atoms with Crippen LogP contribution in [0, 0.1) is 0 Å². The van der Waals surface area contributed by atoms with Crippen molar-refractivity contribution in [2.75, 3.05) is 17.7 Å². The molecule has 2 aromatic rings. The van der Waals surface area contributed by atoms with Crippen molar-refractivity contribution in [1.82, 2.24) is 9.97 Å².